The molecular weight excluding hydrogens is 152 g/mol. The second kappa shape index (κ2) is 8.13. The van der Waals surface area contributed by atoms with Gasteiger partial charge in [0.1, 0.15) is 0 Å². The maximum atomic E-state index is 10.9. The van der Waals surface area contributed by atoms with Crippen molar-refractivity contribution >= 4 is 5.97 Å². The summed E-state index contributed by atoms with van der Waals surface area (Å²) in [6, 6.07) is 0. The fourth-order valence-electron chi connectivity index (χ4n) is 0.692. The Morgan fingerprint density at radius 3 is 2.83 bits per heavy atom. The lowest BCUT2D eigenvalue weighted by Crippen LogP contribution is -2.04. The van der Waals surface area contributed by atoms with Crippen molar-refractivity contribution in [3.05, 3.63) is 0 Å². The lowest BCUT2D eigenvalue weighted by atomic mass is 10.3. The van der Waals surface area contributed by atoms with Crippen LogP contribution in [0.2, 0.25) is 0 Å². The quantitative estimate of drug-likeness (QED) is 0.357. The van der Waals surface area contributed by atoms with Gasteiger partial charge in [-0.05, 0) is 13.3 Å². The van der Waals surface area contributed by atoms with Gasteiger partial charge < -0.3 is 4.74 Å². The van der Waals surface area contributed by atoms with Gasteiger partial charge in [0, 0.05) is 6.42 Å². The van der Waals surface area contributed by atoms with Crippen LogP contribution in [0.15, 0.2) is 0 Å². The van der Waals surface area contributed by atoms with E-state index in [0.717, 1.165) is 12.8 Å². The van der Waals surface area contributed by atoms with Gasteiger partial charge in [0.2, 0.25) is 0 Å². The Balaban J connectivity index is 3.25. The molecule has 0 aromatic rings. The number of ether oxygens (including phenoxy) is 1. The molecule has 68 valence electrons. The zero-order valence-corrected chi connectivity index (χ0v) is 7.85. The summed E-state index contributed by atoms with van der Waals surface area (Å²) in [5, 5.41) is 0. The Kier molecular flexibility index (Phi) is 7.47. The predicted molar refractivity (Wildman–Crippen MR) is 48.6 cm³/mol. The zero-order chi connectivity index (χ0) is 9.23. The van der Waals surface area contributed by atoms with Crippen LogP contribution >= 0.6 is 0 Å². The molecule has 0 aromatic heterocycles. The van der Waals surface area contributed by atoms with Crippen molar-refractivity contribution in [3.63, 3.8) is 0 Å². The van der Waals surface area contributed by atoms with E-state index in [1.165, 1.54) is 0 Å². The van der Waals surface area contributed by atoms with Gasteiger partial charge in [0.15, 0.2) is 0 Å². The predicted octanol–water partition coefficient (Wildman–Crippen LogP) is 2.13. The molecule has 2 nitrogen and oxygen atoms in total. The van der Waals surface area contributed by atoms with Crippen molar-refractivity contribution in [1.82, 2.24) is 0 Å². The third-order valence-corrected chi connectivity index (χ3v) is 1.39. The monoisotopic (exact) mass is 168 g/mol. The second-order valence-corrected chi connectivity index (χ2v) is 2.50. The molecule has 0 aliphatic heterocycles. The van der Waals surface area contributed by atoms with Gasteiger partial charge >= 0.3 is 5.97 Å². The van der Waals surface area contributed by atoms with Crippen LogP contribution in [0.5, 0.6) is 0 Å². The number of unbranched alkanes of at least 4 members (excludes halogenated alkanes) is 1. The van der Waals surface area contributed by atoms with Crippen molar-refractivity contribution in [2.45, 2.75) is 39.5 Å². The van der Waals surface area contributed by atoms with Crippen LogP contribution in [0.3, 0.4) is 0 Å². The molecule has 0 aliphatic rings. The number of hydrogen-bond donors (Lipinski definition) is 0. The molecule has 0 amide bonds. The topological polar surface area (TPSA) is 26.3 Å². The molecule has 0 saturated carbocycles. The van der Waals surface area contributed by atoms with Crippen molar-refractivity contribution in [2.24, 2.45) is 0 Å². The Hall–Kier alpha value is -0.970. The highest BCUT2D eigenvalue weighted by atomic mass is 16.5. The highest BCUT2D eigenvalue weighted by molar-refractivity contribution is 5.69. The SMILES string of the molecule is CC#CCCC(=O)OCCCC. The van der Waals surface area contributed by atoms with Crippen molar-refractivity contribution in [1.29, 1.82) is 0 Å². The molecule has 0 aliphatic carbocycles. The number of esters is 1. The highest BCUT2D eigenvalue weighted by Crippen LogP contribution is 1.94. The molecule has 0 atom stereocenters. The maximum Gasteiger partial charge on any atom is 0.306 e. The van der Waals surface area contributed by atoms with Gasteiger partial charge in [0.25, 0.3) is 0 Å². The van der Waals surface area contributed by atoms with Gasteiger partial charge in [-0.25, -0.2) is 0 Å². The van der Waals surface area contributed by atoms with E-state index in [4.69, 9.17) is 4.74 Å². The summed E-state index contributed by atoms with van der Waals surface area (Å²) in [6.45, 7) is 4.38. The lowest BCUT2D eigenvalue weighted by Gasteiger charge is -2.00. The third-order valence-electron chi connectivity index (χ3n) is 1.39. The van der Waals surface area contributed by atoms with E-state index < -0.39 is 0 Å². The standard InChI is InChI=1S/C10H16O2/c1-3-5-7-8-10(11)12-9-6-4-2/h4,6-9H2,1-2H3. The second-order valence-electron chi connectivity index (χ2n) is 2.50. The fraction of sp³-hybridized carbons (Fsp3) is 0.700. The molecule has 0 rings (SSSR count). The molecular formula is C10H16O2. The van der Waals surface area contributed by atoms with E-state index in [2.05, 4.69) is 18.8 Å². The van der Waals surface area contributed by atoms with Crippen LogP contribution < -0.4 is 0 Å². The molecule has 0 N–H and O–H groups in total. The third kappa shape index (κ3) is 7.14. The van der Waals surface area contributed by atoms with Crippen LogP contribution in [0.4, 0.5) is 0 Å². The summed E-state index contributed by atoms with van der Waals surface area (Å²) < 4.78 is 4.92. The summed E-state index contributed by atoms with van der Waals surface area (Å²) in [4.78, 5) is 10.9. The normalized spacial score (nSPS) is 8.50. The Morgan fingerprint density at radius 1 is 1.50 bits per heavy atom. The molecule has 0 saturated heterocycles. The van der Waals surface area contributed by atoms with E-state index in [-0.39, 0.29) is 5.97 Å². The minimum Gasteiger partial charge on any atom is -0.466 e. The van der Waals surface area contributed by atoms with Crippen LogP contribution in [-0.2, 0) is 9.53 Å². The molecule has 0 spiro atoms. The smallest absolute Gasteiger partial charge is 0.306 e. The average Bonchev–Trinajstić information content (AvgIpc) is 2.06. The van der Waals surface area contributed by atoms with E-state index in [0.29, 0.717) is 19.4 Å². The fourth-order valence-corrected chi connectivity index (χ4v) is 0.692. The van der Waals surface area contributed by atoms with Crippen molar-refractivity contribution in [2.75, 3.05) is 6.61 Å². The Morgan fingerprint density at radius 2 is 2.25 bits per heavy atom. The van der Waals surface area contributed by atoms with Crippen molar-refractivity contribution in [3.8, 4) is 11.8 Å². The zero-order valence-electron chi connectivity index (χ0n) is 7.85. The van der Waals surface area contributed by atoms with E-state index in [1.54, 1.807) is 6.92 Å². The van der Waals surface area contributed by atoms with E-state index in [9.17, 15) is 4.79 Å². The summed E-state index contributed by atoms with van der Waals surface area (Å²) in [6.07, 6.45) is 3.04. The Labute approximate surface area is 74.3 Å². The number of carbonyl (C=O) groups is 1. The van der Waals surface area contributed by atoms with Gasteiger partial charge in [-0.3, -0.25) is 4.79 Å². The first-order valence-corrected chi connectivity index (χ1v) is 4.36. The Bertz CT molecular complexity index is 174. The van der Waals surface area contributed by atoms with Gasteiger partial charge in [-0.1, -0.05) is 13.3 Å². The molecule has 0 heterocycles. The highest BCUT2D eigenvalue weighted by Gasteiger charge is 1.99. The lowest BCUT2D eigenvalue weighted by molar-refractivity contribution is -0.143. The van der Waals surface area contributed by atoms with Gasteiger partial charge in [-0.2, -0.15) is 0 Å². The minimum atomic E-state index is -0.133. The largest absolute Gasteiger partial charge is 0.466 e. The number of carbonyl (C=O) groups excluding carboxylic acids is 1. The minimum absolute atomic E-state index is 0.133. The molecule has 2 heteroatoms. The first kappa shape index (κ1) is 11.0. The van der Waals surface area contributed by atoms with Gasteiger partial charge in [0.05, 0.1) is 13.0 Å². The van der Waals surface area contributed by atoms with E-state index >= 15 is 0 Å². The first-order valence-electron chi connectivity index (χ1n) is 4.36. The molecule has 0 aromatic carbocycles. The molecule has 0 unspecified atom stereocenters. The molecule has 12 heavy (non-hydrogen) atoms. The summed E-state index contributed by atoms with van der Waals surface area (Å²) in [5.41, 5.74) is 0. The number of rotatable bonds is 5. The molecule has 0 bridgehead atoms. The maximum absolute atomic E-state index is 10.9. The molecule has 0 radical (unpaired) electrons. The first-order chi connectivity index (χ1) is 5.81. The summed E-state index contributed by atoms with van der Waals surface area (Å²) in [7, 11) is 0. The summed E-state index contributed by atoms with van der Waals surface area (Å²) >= 11 is 0. The number of hydrogen-bond acceptors (Lipinski definition) is 2. The average molecular weight is 168 g/mol. The van der Waals surface area contributed by atoms with Crippen LogP contribution in [0.1, 0.15) is 39.5 Å². The van der Waals surface area contributed by atoms with Crippen LogP contribution in [0.25, 0.3) is 0 Å². The van der Waals surface area contributed by atoms with Gasteiger partial charge in [-0.15, -0.1) is 11.8 Å². The van der Waals surface area contributed by atoms with Crippen molar-refractivity contribution < 1.29 is 9.53 Å². The van der Waals surface area contributed by atoms with Crippen LogP contribution in [-0.4, -0.2) is 12.6 Å². The molecule has 0 fully saturated rings. The van der Waals surface area contributed by atoms with E-state index in [1.807, 2.05) is 0 Å². The summed E-state index contributed by atoms with van der Waals surface area (Å²) in [5.74, 6) is 5.42. The van der Waals surface area contributed by atoms with Crippen LogP contribution in [0, 0.1) is 11.8 Å².